The number of aryl methyl sites for hydroxylation is 1. The zero-order chi connectivity index (χ0) is 17.9. The van der Waals surface area contributed by atoms with E-state index in [-0.39, 0.29) is 0 Å². The molecule has 5 nitrogen and oxygen atoms in total. The fraction of sp³-hybridized carbons (Fsp3) is 0.333. The molecule has 0 saturated carbocycles. The van der Waals surface area contributed by atoms with E-state index in [1.165, 1.54) is 12.0 Å². The molecule has 1 aromatic heterocycles. The fourth-order valence-corrected chi connectivity index (χ4v) is 3.64. The van der Waals surface area contributed by atoms with Crippen molar-refractivity contribution in [3.8, 4) is 17.1 Å². The van der Waals surface area contributed by atoms with Gasteiger partial charge in [-0.3, -0.25) is 4.90 Å². The van der Waals surface area contributed by atoms with Gasteiger partial charge in [-0.05, 0) is 49.6 Å². The maximum absolute atomic E-state index is 5.53. The van der Waals surface area contributed by atoms with Crippen LogP contribution in [-0.4, -0.2) is 28.7 Å². The summed E-state index contributed by atoms with van der Waals surface area (Å²) >= 11 is 0. The summed E-state index contributed by atoms with van der Waals surface area (Å²) in [4.78, 5) is 7.03. The number of methoxy groups -OCH3 is 1. The van der Waals surface area contributed by atoms with E-state index in [1.54, 1.807) is 7.11 Å². The van der Waals surface area contributed by atoms with Crippen molar-refractivity contribution in [3.63, 3.8) is 0 Å². The summed E-state index contributed by atoms with van der Waals surface area (Å²) in [6.07, 6.45) is 2.32. The van der Waals surface area contributed by atoms with Crippen LogP contribution < -0.4 is 4.74 Å². The molecule has 5 heteroatoms. The summed E-state index contributed by atoms with van der Waals surface area (Å²) in [5, 5.41) is 4.18. The van der Waals surface area contributed by atoms with Crippen LogP contribution in [0.15, 0.2) is 53.1 Å². The highest BCUT2D eigenvalue weighted by Gasteiger charge is 2.27. The van der Waals surface area contributed by atoms with E-state index in [1.807, 2.05) is 30.3 Å². The van der Waals surface area contributed by atoms with Gasteiger partial charge >= 0.3 is 0 Å². The third kappa shape index (κ3) is 3.35. The van der Waals surface area contributed by atoms with Crippen LogP contribution >= 0.6 is 0 Å². The van der Waals surface area contributed by atoms with Crippen LogP contribution in [0.1, 0.15) is 35.9 Å². The first-order valence-electron chi connectivity index (χ1n) is 9.01. The molecular formula is C21H23N3O2. The maximum Gasteiger partial charge on any atom is 0.241 e. The van der Waals surface area contributed by atoms with Crippen LogP contribution in [0, 0.1) is 6.92 Å². The lowest BCUT2D eigenvalue weighted by atomic mass is 10.0. The van der Waals surface area contributed by atoms with Gasteiger partial charge in [-0.2, -0.15) is 4.98 Å². The Morgan fingerprint density at radius 3 is 2.73 bits per heavy atom. The van der Waals surface area contributed by atoms with Crippen molar-refractivity contribution >= 4 is 0 Å². The van der Waals surface area contributed by atoms with Crippen molar-refractivity contribution in [1.82, 2.24) is 15.0 Å². The largest absolute Gasteiger partial charge is 0.497 e. The number of aromatic nitrogens is 2. The lowest BCUT2D eigenvalue weighted by molar-refractivity contribution is 0.212. The Hall–Kier alpha value is -2.66. The molecule has 0 amide bonds. The van der Waals surface area contributed by atoms with Crippen LogP contribution in [0.2, 0.25) is 0 Å². The van der Waals surface area contributed by atoms with Crippen LogP contribution in [0.5, 0.6) is 5.75 Å². The van der Waals surface area contributed by atoms with Crippen molar-refractivity contribution in [2.75, 3.05) is 13.7 Å². The molecule has 4 rings (SSSR count). The average Bonchev–Trinajstić information content (AvgIpc) is 3.32. The van der Waals surface area contributed by atoms with Gasteiger partial charge in [0.15, 0.2) is 0 Å². The van der Waals surface area contributed by atoms with Gasteiger partial charge in [0.05, 0.1) is 13.7 Å². The lowest BCUT2D eigenvalue weighted by Gasteiger charge is -2.23. The molecule has 26 heavy (non-hydrogen) atoms. The Morgan fingerprint density at radius 1 is 1.15 bits per heavy atom. The number of hydrogen-bond donors (Lipinski definition) is 0. The molecule has 1 aliphatic heterocycles. The highest BCUT2D eigenvalue weighted by molar-refractivity contribution is 5.58. The highest BCUT2D eigenvalue weighted by atomic mass is 16.5. The first kappa shape index (κ1) is 16.8. The van der Waals surface area contributed by atoms with Crippen molar-refractivity contribution in [2.45, 2.75) is 32.4 Å². The van der Waals surface area contributed by atoms with Crippen LogP contribution in [0.4, 0.5) is 0 Å². The smallest absolute Gasteiger partial charge is 0.241 e. The van der Waals surface area contributed by atoms with Gasteiger partial charge in [-0.1, -0.05) is 41.6 Å². The fourth-order valence-electron chi connectivity index (χ4n) is 3.64. The minimum atomic E-state index is 0.384. The number of benzene rings is 2. The summed E-state index contributed by atoms with van der Waals surface area (Å²) in [5.74, 6) is 2.22. The highest BCUT2D eigenvalue weighted by Crippen LogP contribution is 2.34. The lowest BCUT2D eigenvalue weighted by Crippen LogP contribution is -2.22. The topological polar surface area (TPSA) is 51.4 Å². The van der Waals surface area contributed by atoms with Crippen molar-refractivity contribution in [2.24, 2.45) is 0 Å². The minimum absolute atomic E-state index is 0.384. The predicted molar refractivity (Wildman–Crippen MR) is 99.9 cm³/mol. The molecule has 1 fully saturated rings. The van der Waals surface area contributed by atoms with Crippen LogP contribution in [0.25, 0.3) is 11.4 Å². The molecule has 2 heterocycles. The number of nitrogens with zero attached hydrogens (tertiary/aromatic N) is 3. The Bertz CT molecular complexity index is 873. The molecule has 0 aliphatic carbocycles. The molecule has 0 unspecified atom stereocenters. The van der Waals surface area contributed by atoms with Gasteiger partial charge in [0.2, 0.25) is 11.7 Å². The van der Waals surface area contributed by atoms with Gasteiger partial charge in [-0.25, -0.2) is 0 Å². The summed E-state index contributed by atoms with van der Waals surface area (Å²) in [7, 11) is 1.69. The zero-order valence-electron chi connectivity index (χ0n) is 15.2. The third-order valence-corrected chi connectivity index (χ3v) is 5.06. The number of hydrogen-bond acceptors (Lipinski definition) is 5. The molecule has 0 spiro atoms. The molecule has 1 atom stereocenters. The van der Waals surface area contributed by atoms with Crippen molar-refractivity contribution in [1.29, 1.82) is 0 Å². The number of likely N-dealkylation sites (tertiary alicyclic amines) is 1. The molecular weight excluding hydrogens is 326 g/mol. The van der Waals surface area contributed by atoms with E-state index >= 15 is 0 Å². The molecule has 3 aromatic rings. The van der Waals surface area contributed by atoms with Crippen LogP contribution in [0.3, 0.4) is 0 Å². The molecule has 0 bridgehead atoms. The van der Waals surface area contributed by atoms with E-state index < -0.39 is 0 Å². The first-order valence-corrected chi connectivity index (χ1v) is 9.01. The SMILES string of the molecule is COc1ccc([C@H]2CCCN2Cc2nc(-c3ccccc3C)no2)cc1. The van der Waals surface area contributed by atoms with E-state index in [9.17, 15) is 0 Å². The van der Waals surface area contributed by atoms with Gasteiger partial charge in [0.25, 0.3) is 0 Å². The minimum Gasteiger partial charge on any atom is -0.497 e. The second-order valence-corrected chi connectivity index (χ2v) is 6.73. The Labute approximate surface area is 153 Å². The van der Waals surface area contributed by atoms with E-state index in [2.05, 4.69) is 40.2 Å². The number of ether oxygens (including phenoxy) is 1. The summed E-state index contributed by atoms with van der Waals surface area (Å²) in [5.41, 5.74) is 3.48. The maximum atomic E-state index is 5.53. The standard InChI is InChI=1S/C21H23N3O2/c1-15-6-3-4-7-18(15)21-22-20(26-23-21)14-24-13-5-8-19(24)16-9-11-17(25-2)12-10-16/h3-4,6-7,9-12,19H,5,8,13-14H2,1-2H3/t19-/m1/s1. The Kier molecular flexibility index (Phi) is 4.71. The van der Waals surface area contributed by atoms with Gasteiger partial charge in [0.1, 0.15) is 5.75 Å². The van der Waals surface area contributed by atoms with E-state index in [0.717, 1.165) is 29.8 Å². The van der Waals surface area contributed by atoms with Crippen molar-refractivity contribution in [3.05, 3.63) is 65.5 Å². The van der Waals surface area contributed by atoms with Gasteiger partial charge in [-0.15, -0.1) is 0 Å². The molecule has 1 aliphatic rings. The summed E-state index contributed by atoms with van der Waals surface area (Å²) in [6, 6.07) is 16.8. The van der Waals surface area contributed by atoms with E-state index in [4.69, 9.17) is 9.26 Å². The van der Waals surface area contributed by atoms with Crippen LogP contribution in [-0.2, 0) is 6.54 Å². The molecule has 1 saturated heterocycles. The summed E-state index contributed by atoms with van der Waals surface area (Å²) in [6.45, 7) is 3.78. The van der Waals surface area contributed by atoms with Gasteiger partial charge < -0.3 is 9.26 Å². The monoisotopic (exact) mass is 349 g/mol. The second kappa shape index (κ2) is 7.30. The normalized spacial score (nSPS) is 17.5. The van der Waals surface area contributed by atoms with E-state index in [0.29, 0.717) is 24.3 Å². The summed E-state index contributed by atoms with van der Waals surface area (Å²) < 4.78 is 10.8. The molecule has 2 aromatic carbocycles. The molecule has 0 radical (unpaired) electrons. The van der Waals surface area contributed by atoms with Gasteiger partial charge in [0, 0.05) is 11.6 Å². The second-order valence-electron chi connectivity index (χ2n) is 6.73. The zero-order valence-corrected chi connectivity index (χ0v) is 15.2. The number of rotatable bonds is 5. The van der Waals surface area contributed by atoms with Crippen molar-refractivity contribution < 1.29 is 9.26 Å². The quantitative estimate of drug-likeness (QED) is 0.684. The predicted octanol–water partition coefficient (Wildman–Crippen LogP) is 4.39. The first-order chi connectivity index (χ1) is 12.7. The average molecular weight is 349 g/mol. The Balaban J connectivity index is 1.50. The molecule has 0 N–H and O–H groups in total. The third-order valence-electron chi connectivity index (χ3n) is 5.06. The Morgan fingerprint density at radius 2 is 1.96 bits per heavy atom. The molecule has 134 valence electrons.